The first-order valence-corrected chi connectivity index (χ1v) is 17.7. The number of furan rings is 1. The van der Waals surface area contributed by atoms with E-state index in [4.69, 9.17) is 9.15 Å². The second kappa shape index (κ2) is 13.3. The highest BCUT2D eigenvalue weighted by Crippen LogP contribution is 2.49. The van der Waals surface area contributed by atoms with Crippen molar-refractivity contribution in [2.24, 2.45) is 0 Å². The van der Waals surface area contributed by atoms with Crippen LogP contribution in [0.2, 0.25) is 0 Å². The number of carbonyl (C=O) groups is 2. The minimum Gasteiger partial charge on any atom is -0.456 e. The van der Waals surface area contributed by atoms with Crippen LogP contribution in [-0.2, 0) is 4.79 Å². The lowest BCUT2D eigenvalue weighted by Gasteiger charge is -2.29. The SMILES string of the molecule is C.O=C(CN1CCCC1)N[C@@H]1CCN(c2c(F)cc3c(=O)c(C(=O)NCCN4CCCC4)cn4c3c2Oc2cc3c(cc2-4)oc2ccccc23)C1. The lowest BCUT2D eigenvalue weighted by molar-refractivity contribution is -0.122. The third-order valence-electron chi connectivity index (χ3n) is 10.7. The number of aromatic nitrogens is 1. The summed E-state index contributed by atoms with van der Waals surface area (Å²) in [6, 6.07) is 12.5. The van der Waals surface area contributed by atoms with Crippen LogP contribution in [0.25, 0.3) is 38.5 Å². The van der Waals surface area contributed by atoms with Gasteiger partial charge in [-0.3, -0.25) is 19.3 Å². The summed E-state index contributed by atoms with van der Waals surface area (Å²) < 4.78 is 31.0. The van der Waals surface area contributed by atoms with Gasteiger partial charge in [-0.2, -0.15) is 0 Å². The van der Waals surface area contributed by atoms with Crippen molar-refractivity contribution in [1.82, 2.24) is 25.0 Å². The molecule has 0 saturated carbocycles. The minimum atomic E-state index is -0.620. The summed E-state index contributed by atoms with van der Waals surface area (Å²) in [6.07, 6.45) is 6.69. The van der Waals surface area contributed by atoms with Crippen LogP contribution >= 0.6 is 0 Å². The summed E-state index contributed by atoms with van der Waals surface area (Å²) in [6.45, 7) is 6.21. The van der Waals surface area contributed by atoms with E-state index in [1.807, 2.05) is 41.3 Å². The topological polar surface area (TPSA) is 112 Å². The summed E-state index contributed by atoms with van der Waals surface area (Å²) in [5.41, 5.74) is 1.88. The second-order valence-corrected chi connectivity index (χ2v) is 14.0. The Balaban J connectivity index is 0.00000374. The molecule has 4 aliphatic heterocycles. The van der Waals surface area contributed by atoms with Gasteiger partial charge in [0.15, 0.2) is 17.3 Å². The Morgan fingerprint density at radius 3 is 2.47 bits per heavy atom. The number of pyridine rings is 1. The number of hydrogen-bond acceptors (Lipinski definition) is 8. The van der Waals surface area contributed by atoms with Crippen LogP contribution < -0.4 is 25.7 Å². The molecule has 0 unspecified atom stereocenters. The molecular weight excluding hydrogens is 651 g/mol. The summed E-state index contributed by atoms with van der Waals surface area (Å²) in [5.74, 6) is -0.494. The number of benzene rings is 3. The minimum absolute atomic E-state index is 0. The van der Waals surface area contributed by atoms with E-state index < -0.39 is 17.2 Å². The molecule has 12 heteroatoms. The Labute approximate surface area is 294 Å². The van der Waals surface area contributed by atoms with Gasteiger partial charge < -0.3 is 34.2 Å². The first kappa shape index (κ1) is 33.2. The molecule has 9 rings (SSSR count). The maximum Gasteiger partial charge on any atom is 0.256 e. The molecule has 266 valence electrons. The lowest BCUT2D eigenvalue weighted by Crippen LogP contribution is -2.42. The Kier molecular flexibility index (Phi) is 8.67. The molecule has 6 heterocycles. The van der Waals surface area contributed by atoms with Crippen LogP contribution in [-0.4, -0.2) is 91.1 Å². The van der Waals surface area contributed by atoms with Crippen molar-refractivity contribution in [1.29, 1.82) is 0 Å². The number of anilines is 1. The normalized spacial score (nSPS) is 18.7. The summed E-state index contributed by atoms with van der Waals surface area (Å²) in [4.78, 5) is 46.7. The molecule has 0 radical (unpaired) electrons. The molecule has 5 aromatic rings. The Hall–Kier alpha value is -4.94. The van der Waals surface area contributed by atoms with E-state index >= 15 is 4.39 Å². The number of nitrogens with zero attached hydrogens (tertiary/aromatic N) is 4. The number of rotatable bonds is 8. The number of ether oxygens (including phenoxy) is 1. The average molecular weight is 695 g/mol. The quantitative estimate of drug-likeness (QED) is 0.218. The highest BCUT2D eigenvalue weighted by Gasteiger charge is 2.34. The van der Waals surface area contributed by atoms with E-state index in [9.17, 15) is 14.4 Å². The van der Waals surface area contributed by atoms with Gasteiger partial charge in [0.05, 0.1) is 17.6 Å². The molecule has 3 saturated heterocycles. The number of amides is 2. The van der Waals surface area contributed by atoms with Crippen LogP contribution in [0.3, 0.4) is 0 Å². The molecule has 3 aromatic carbocycles. The van der Waals surface area contributed by atoms with E-state index in [2.05, 4.69) is 20.4 Å². The van der Waals surface area contributed by atoms with E-state index in [1.54, 1.807) is 10.8 Å². The van der Waals surface area contributed by atoms with Gasteiger partial charge in [0.2, 0.25) is 11.3 Å². The van der Waals surface area contributed by atoms with Crippen LogP contribution in [0, 0.1) is 5.82 Å². The molecule has 2 N–H and O–H groups in total. The van der Waals surface area contributed by atoms with Crippen LogP contribution in [0.1, 0.15) is 49.9 Å². The number of fused-ring (bicyclic) bond motifs is 5. The fraction of sp³-hybridized carbons (Fsp3) is 0.410. The van der Waals surface area contributed by atoms with E-state index in [1.165, 1.54) is 6.07 Å². The standard InChI is InChI=1S/C38H39FN6O5.CH4/c39-28-17-26-34-37(35(28)44-15-9-23(20-44)41-33(46)22-43-13-5-6-14-43)50-32-18-25-24-7-1-2-8-30(24)49-31(25)19-29(32)45(34)21-27(36(26)47)38(48)40-10-16-42-11-3-4-12-42;/h1-2,7-8,17-19,21,23H,3-6,9-16,20,22H2,(H,40,48)(H,41,46);1H4/t23-;/m1./s1. The van der Waals surface area contributed by atoms with Gasteiger partial charge in [0.1, 0.15) is 27.9 Å². The van der Waals surface area contributed by atoms with Gasteiger partial charge in [0, 0.05) is 55.3 Å². The largest absolute Gasteiger partial charge is 0.456 e. The number of likely N-dealkylation sites (tertiary alicyclic amines) is 2. The van der Waals surface area contributed by atoms with Crippen molar-refractivity contribution in [2.45, 2.75) is 45.6 Å². The molecule has 2 aromatic heterocycles. The number of hydrogen-bond donors (Lipinski definition) is 2. The summed E-state index contributed by atoms with van der Waals surface area (Å²) in [7, 11) is 0. The summed E-state index contributed by atoms with van der Waals surface area (Å²) >= 11 is 0. The Morgan fingerprint density at radius 2 is 1.67 bits per heavy atom. The van der Waals surface area contributed by atoms with Crippen molar-refractivity contribution in [3.05, 3.63) is 70.3 Å². The number of para-hydroxylation sites is 1. The molecule has 3 fully saturated rings. The molecule has 51 heavy (non-hydrogen) atoms. The molecule has 0 spiro atoms. The number of nitrogens with one attached hydrogen (secondary N) is 2. The molecule has 1 atom stereocenters. The van der Waals surface area contributed by atoms with Gasteiger partial charge in [-0.05, 0) is 76.5 Å². The van der Waals surface area contributed by atoms with Crippen molar-refractivity contribution in [3.63, 3.8) is 0 Å². The molecule has 2 amide bonds. The van der Waals surface area contributed by atoms with Crippen LogP contribution in [0.15, 0.2) is 57.9 Å². The highest BCUT2D eigenvalue weighted by atomic mass is 19.1. The predicted molar refractivity (Wildman–Crippen MR) is 196 cm³/mol. The maximum absolute atomic E-state index is 16.4. The number of carbonyl (C=O) groups excluding carboxylic acids is 2. The zero-order chi connectivity index (χ0) is 33.9. The fourth-order valence-electron chi connectivity index (χ4n) is 8.21. The Morgan fingerprint density at radius 1 is 0.902 bits per heavy atom. The molecule has 11 nitrogen and oxygen atoms in total. The third kappa shape index (κ3) is 5.89. The lowest BCUT2D eigenvalue weighted by atomic mass is 10.0. The van der Waals surface area contributed by atoms with Gasteiger partial charge in [-0.25, -0.2) is 4.39 Å². The molecule has 0 aliphatic carbocycles. The van der Waals surface area contributed by atoms with Crippen molar-refractivity contribution < 1.29 is 23.1 Å². The van der Waals surface area contributed by atoms with Gasteiger partial charge in [-0.15, -0.1) is 0 Å². The smallest absolute Gasteiger partial charge is 0.256 e. The van der Waals surface area contributed by atoms with E-state index in [-0.39, 0.29) is 41.8 Å². The van der Waals surface area contributed by atoms with Gasteiger partial charge in [-0.1, -0.05) is 25.6 Å². The first-order chi connectivity index (χ1) is 24.4. The highest BCUT2D eigenvalue weighted by molar-refractivity contribution is 6.07. The zero-order valence-electron chi connectivity index (χ0n) is 27.8. The number of halogens is 1. The van der Waals surface area contributed by atoms with Crippen LogP contribution in [0.5, 0.6) is 11.5 Å². The van der Waals surface area contributed by atoms with E-state index in [0.717, 1.165) is 62.6 Å². The molecular formula is C39H43FN6O5. The Bertz CT molecular complexity index is 2240. The average Bonchev–Trinajstić information content (AvgIpc) is 3.94. The monoisotopic (exact) mass is 694 g/mol. The van der Waals surface area contributed by atoms with Crippen molar-refractivity contribution >= 4 is 50.3 Å². The third-order valence-corrected chi connectivity index (χ3v) is 10.7. The molecule has 0 bridgehead atoms. The van der Waals surface area contributed by atoms with Crippen LogP contribution in [0.4, 0.5) is 10.1 Å². The summed E-state index contributed by atoms with van der Waals surface area (Å²) in [5, 5.41) is 7.86. The zero-order valence-corrected chi connectivity index (χ0v) is 27.8. The fourth-order valence-corrected chi connectivity index (χ4v) is 8.21. The van der Waals surface area contributed by atoms with Crippen molar-refractivity contribution in [2.75, 3.05) is 63.8 Å². The van der Waals surface area contributed by atoms with Crippen molar-refractivity contribution in [3.8, 4) is 17.2 Å². The predicted octanol–water partition coefficient (Wildman–Crippen LogP) is 5.39. The van der Waals surface area contributed by atoms with E-state index in [0.29, 0.717) is 67.3 Å². The molecule has 4 aliphatic rings. The van der Waals surface area contributed by atoms with Gasteiger partial charge >= 0.3 is 0 Å². The second-order valence-electron chi connectivity index (χ2n) is 14.0. The first-order valence-electron chi connectivity index (χ1n) is 17.7. The van der Waals surface area contributed by atoms with Gasteiger partial charge in [0.25, 0.3) is 5.91 Å². The maximum atomic E-state index is 16.4.